The molecule has 0 aliphatic carbocycles. The molecule has 0 unspecified atom stereocenters. The van der Waals surface area contributed by atoms with Crippen LogP contribution in [-0.2, 0) is 17.8 Å². The first kappa shape index (κ1) is 16.4. The van der Waals surface area contributed by atoms with E-state index in [0.717, 1.165) is 36.3 Å². The molecule has 0 aromatic heterocycles. The van der Waals surface area contributed by atoms with Gasteiger partial charge in [0.05, 0.1) is 14.2 Å². The van der Waals surface area contributed by atoms with E-state index in [4.69, 9.17) is 9.47 Å². The van der Waals surface area contributed by atoms with Crippen molar-refractivity contribution in [3.63, 3.8) is 0 Å². The van der Waals surface area contributed by atoms with Gasteiger partial charge in [-0.15, -0.1) is 6.58 Å². The number of ether oxygens (including phenoxy) is 2. The number of hydrogen-bond acceptors (Lipinski definition) is 3. The van der Waals surface area contributed by atoms with Crippen LogP contribution >= 0.6 is 0 Å². The lowest BCUT2D eigenvalue weighted by atomic mass is 9.94. The second-order valence-electron chi connectivity index (χ2n) is 5.66. The van der Waals surface area contributed by atoms with Gasteiger partial charge in [-0.2, -0.15) is 0 Å². The lowest BCUT2D eigenvalue weighted by molar-refractivity contribution is -0.135. The average Bonchev–Trinajstić information content (AvgIpc) is 2.65. The van der Waals surface area contributed by atoms with E-state index in [1.807, 2.05) is 23.1 Å². The van der Waals surface area contributed by atoms with Crippen molar-refractivity contribution in [3.8, 4) is 11.5 Å². The van der Waals surface area contributed by atoms with Gasteiger partial charge < -0.3 is 14.4 Å². The van der Waals surface area contributed by atoms with Crippen LogP contribution in [0.2, 0.25) is 0 Å². The quantitative estimate of drug-likeness (QED) is 0.758. The van der Waals surface area contributed by atoms with Crippen molar-refractivity contribution in [3.05, 3.63) is 35.9 Å². The number of methoxy groups -OCH3 is 2. The Morgan fingerprint density at radius 3 is 2.45 bits per heavy atom. The molecule has 4 heteroatoms. The SMILES string of the molecule is C=CC[C@@H]1Cc2cc(OC)c(OC)cc2CN(CCC)C1=O. The summed E-state index contributed by atoms with van der Waals surface area (Å²) in [6.45, 7) is 7.30. The van der Waals surface area contributed by atoms with Crippen LogP contribution in [0.3, 0.4) is 0 Å². The van der Waals surface area contributed by atoms with Gasteiger partial charge >= 0.3 is 0 Å². The third-order valence-corrected chi connectivity index (χ3v) is 4.14. The third-order valence-electron chi connectivity index (χ3n) is 4.14. The van der Waals surface area contributed by atoms with Crippen LogP contribution in [-0.4, -0.2) is 31.6 Å². The largest absolute Gasteiger partial charge is 0.493 e. The van der Waals surface area contributed by atoms with Gasteiger partial charge in [0.25, 0.3) is 0 Å². The summed E-state index contributed by atoms with van der Waals surface area (Å²) in [5.41, 5.74) is 2.31. The van der Waals surface area contributed by atoms with E-state index in [-0.39, 0.29) is 11.8 Å². The monoisotopic (exact) mass is 303 g/mol. The Labute approximate surface area is 132 Å². The van der Waals surface area contributed by atoms with Gasteiger partial charge in [-0.3, -0.25) is 4.79 Å². The summed E-state index contributed by atoms with van der Waals surface area (Å²) in [4.78, 5) is 14.7. The zero-order valence-corrected chi connectivity index (χ0v) is 13.7. The van der Waals surface area contributed by atoms with Gasteiger partial charge in [-0.1, -0.05) is 13.0 Å². The molecular weight excluding hydrogens is 278 g/mol. The molecule has 0 bridgehead atoms. The molecule has 0 radical (unpaired) electrons. The summed E-state index contributed by atoms with van der Waals surface area (Å²) in [5.74, 6) is 1.61. The van der Waals surface area contributed by atoms with Gasteiger partial charge in [0.2, 0.25) is 5.91 Å². The Morgan fingerprint density at radius 1 is 1.27 bits per heavy atom. The molecule has 1 amide bonds. The first-order valence-corrected chi connectivity index (χ1v) is 7.78. The van der Waals surface area contributed by atoms with Crippen molar-refractivity contribution in [2.75, 3.05) is 20.8 Å². The highest BCUT2D eigenvalue weighted by Gasteiger charge is 2.29. The average molecular weight is 303 g/mol. The Morgan fingerprint density at radius 2 is 1.91 bits per heavy atom. The van der Waals surface area contributed by atoms with Crippen molar-refractivity contribution in [1.29, 1.82) is 0 Å². The molecule has 2 rings (SSSR count). The Bertz CT molecular complexity index is 554. The number of hydrogen-bond donors (Lipinski definition) is 0. The van der Waals surface area contributed by atoms with Gasteiger partial charge in [0.1, 0.15) is 0 Å². The van der Waals surface area contributed by atoms with E-state index in [0.29, 0.717) is 18.7 Å². The van der Waals surface area contributed by atoms with Crippen LogP contribution in [0.1, 0.15) is 30.9 Å². The molecule has 1 heterocycles. The van der Waals surface area contributed by atoms with E-state index in [1.165, 1.54) is 0 Å². The summed E-state index contributed by atoms with van der Waals surface area (Å²) in [6, 6.07) is 4.01. The van der Waals surface area contributed by atoms with Crippen molar-refractivity contribution >= 4 is 5.91 Å². The first-order valence-electron chi connectivity index (χ1n) is 7.78. The Balaban J connectivity index is 2.44. The predicted molar refractivity (Wildman–Crippen MR) is 87.3 cm³/mol. The zero-order valence-electron chi connectivity index (χ0n) is 13.7. The van der Waals surface area contributed by atoms with Crippen LogP contribution < -0.4 is 9.47 Å². The molecule has 120 valence electrons. The lowest BCUT2D eigenvalue weighted by Crippen LogP contribution is -2.35. The molecule has 0 saturated carbocycles. The number of allylic oxidation sites excluding steroid dienone is 1. The van der Waals surface area contributed by atoms with E-state index >= 15 is 0 Å². The molecule has 1 atom stereocenters. The number of rotatable bonds is 6. The number of benzene rings is 1. The Hall–Kier alpha value is -1.97. The molecule has 0 fully saturated rings. The summed E-state index contributed by atoms with van der Waals surface area (Å²) in [6.07, 6.45) is 4.21. The summed E-state index contributed by atoms with van der Waals surface area (Å²) < 4.78 is 10.8. The van der Waals surface area contributed by atoms with Crippen molar-refractivity contribution in [1.82, 2.24) is 4.90 Å². The normalized spacial score (nSPS) is 17.7. The number of amides is 1. The molecule has 1 aromatic carbocycles. The maximum absolute atomic E-state index is 12.7. The first-order chi connectivity index (χ1) is 10.6. The minimum Gasteiger partial charge on any atom is -0.493 e. The summed E-state index contributed by atoms with van der Waals surface area (Å²) >= 11 is 0. The fourth-order valence-corrected chi connectivity index (χ4v) is 3.04. The van der Waals surface area contributed by atoms with E-state index in [1.54, 1.807) is 14.2 Å². The standard InChI is InChI=1S/C18H25NO3/c1-5-7-13-9-14-10-16(21-3)17(22-4)11-15(14)12-19(8-6-2)18(13)20/h5,10-11,13H,1,6-9,12H2,2-4H3/t13-/m1/s1. The second-order valence-corrected chi connectivity index (χ2v) is 5.66. The van der Waals surface area contributed by atoms with Gasteiger partial charge in [-0.25, -0.2) is 0 Å². The maximum atomic E-state index is 12.7. The van der Waals surface area contributed by atoms with Gasteiger partial charge in [0, 0.05) is 19.0 Å². The highest BCUT2D eigenvalue weighted by molar-refractivity contribution is 5.80. The second kappa shape index (κ2) is 7.34. The van der Waals surface area contributed by atoms with Crippen LogP contribution in [0, 0.1) is 5.92 Å². The molecule has 4 nitrogen and oxygen atoms in total. The summed E-state index contributed by atoms with van der Waals surface area (Å²) in [7, 11) is 3.27. The van der Waals surface area contributed by atoms with Crippen LogP contribution in [0.4, 0.5) is 0 Å². The third kappa shape index (κ3) is 3.26. The van der Waals surface area contributed by atoms with E-state index < -0.39 is 0 Å². The van der Waals surface area contributed by atoms with Crippen LogP contribution in [0.15, 0.2) is 24.8 Å². The minimum absolute atomic E-state index is 0.0385. The lowest BCUT2D eigenvalue weighted by Gasteiger charge is -2.23. The highest BCUT2D eigenvalue weighted by Crippen LogP contribution is 2.35. The molecule has 0 N–H and O–H groups in total. The molecule has 0 spiro atoms. The van der Waals surface area contributed by atoms with Crippen LogP contribution in [0.5, 0.6) is 11.5 Å². The van der Waals surface area contributed by atoms with Gasteiger partial charge in [0.15, 0.2) is 11.5 Å². The molecular formula is C18H25NO3. The van der Waals surface area contributed by atoms with E-state index in [9.17, 15) is 4.79 Å². The fraction of sp³-hybridized carbons (Fsp3) is 0.500. The minimum atomic E-state index is -0.0385. The molecule has 1 aromatic rings. The van der Waals surface area contributed by atoms with Crippen LogP contribution in [0.25, 0.3) is 0 Å². The number of carbonyl (C=O) groups is 1. The zero-order chi connectivity index (χ0) is 16.1. The number of fused-ring (bicyclic) bond motifs is 1. The summed E-state index contributed by atoms with van der Waals surface area (Å²) in [5, 5.41) is 0. The smallest absolute Gasteiger partial charge is 0.226 e. The highest BCUT2D eigenvalue weighted by atomic mass is 16.5. The Kier molecular flexibility index (Phi) is 5.47. The topological polar surface area (TPSA) is 38.8 Å². The number of nitrogens with zero attached hydrogens (tertiary/aromatic N) is 1. The number of carbonyl (C=O) groups excluding carboxylic acids is 1. The van der Waals surface area contributed by atoms with Crippen molar-refractivity contribution < 1.29 is 14.3 Å². The van der Waals surface area contributed by atoms with E-state index in [2.05, 4.69) is 13.5 Å². The molecule has 22 heavy (non-hydrogen) atoms. The molecule has 0 saturated heterocycles. The van der Waals surface area contributed by atoms with Crippen molar-refractivity contribution in [2.24, 2.45) is 5.92 Å². The maximum Gasteiger partial charge on any atom is 0.226 e. The van der Waals surface area contributed by atoms with Gasteiger partial charge in [-0.05, 0) is 42.5 Å². The fourth-order valence-electron chi connectivity index (χ4n) is 3.04. The van der Waals surface area contributed by atoms with Crippen molar-refractivity contribution in [2.45, 2.75) is 32.7 Å². The molecule has 1 aliphatic rings. The molecule has 1 aliphatic heterocycles. The predicted octanol–water partition coefficient (Wildman–Crippen LogP) is 3.19.